The highest BCUT2D eigenvalue weighted by Gasteiger charge is 2.30. The van der Waals surface area contributed by atoms with Crippen molar-refractivity contribution in [3.05, 3.63) is 71.3 Å². The number of hydrazine groups is 1. The lowest BCUT2D eigenvalue weighted by atomic mass is 10.1. The van der Waals surface area contributed by atoms with Crippen molar-refractivity contribution in [2.24, 2.45) is 0 Å². The largest absolute Gasteiger partial charge is 0.416 e. The van der Waals surface area contributed by atoms with Crippen LogP contribution in [0.4, 0.5) is 13.2 Å². The van der Waals surface area contributed by atoms with Crippen molar-refractivity contribution in [1.82, 2.24) is 16.2 Å². The Balaban J connectivity index is 1.85. The van der Waals surface area contributed by atoms with E-state index >= 15 is 0 Å². The first-order chi connectivity index (χ1) is 11.4. The lowest BCUT2D eigenvalue weighted by molar-refractivity contribution is -0.137. The average Bonchev–Trinajstić information content (AvgIpc) is 2.58. The highest BCUT2D eigenvalue weighted by atomic mass is 32.1. The summed E-state index contributed by atoms with van der Waals surface area (Å²) in [4.78, 5) is 11.9. The van der Waals surface area contributed by atoms with E-state index in [1.807, 2.05) is 30.3 Å². The van der Waals surface area contributed by atoms with Gasteiger partial charge in [-0.1, -0.05) is 36.4 Å². The third-order valence-corrected chi connectivity index (χ3v) is 3.28. The lowest BCUT2D eigenvalue weighted by Gasteiger charge is -2.12. The van der Waals surface area contributed by atoms with Gasteiger partial charge < -0.3 is 5.32 Å². The van der Waals surface area contributed by atoms with E-state index in [1.54, 1.807) is 0 Å². The normalized spacial score (nSPS) is 10.8. The van der Waals surface area contributed by atoms with Crippen LogP contribution in [0.5, 0.6) is 0 Å². The molecular formula is C16H14F3N3OS. The minimum absolute atomic E-state index is 0.122. The van der Waals surface area contributed by atoms with Gasteiger partial charge in [0, 0.05) is 12.1 Å². The van der Waals surface area contributed by atoms with Crippen molar-refractivity contribution in [3.8, 4) is 0 Å². The van der Waals surface area contributed by atoms with Crippen molar-refractivity contribution in [2.75, 3.05) is 0 Å². The number of thiocarbonyl (C=S) groups is 1. The predicted molar refractivity (Wildman–Crippen MR) is 87.9 cm³/mol. The fourth-order valence-electron chi connectivity index (χ4n) is 1.84. The number of carbonyl (C=O) groups is 1. The van der Waals surface area contributed by atoms with Crippen LogP contribution in [0.15, 0.2) is 54.6 Å². The molecule has 4 nitrogen and oxygen atoms in total. The molecule has 0 aromatic heterocycles. The number of amides is 1. The molecule has 0 atom stereocenters. The number of hydrogen-bond donors (Lipinski definition) is 3. The second-order valence-electron chi connectivity index (χ2n) is 4.83. The van der Waals surface area contributed by atoms with Gasteiger partial charge in [-0.05, 0) is 36.0 Å². The molecule has 0 aliphatic heterocycles. The predicted octanol–water partition coefficient (Wildman–Crippen LogP) is 3.01. The third-order valence-electron chi connectivity index (χ3n) is 3.04. The van der Waals surface area contributed by atoms with Gasteiger partial charge in [0.1, 0.15) is 0 Å². The molecule has 8 heteroatoms. The maximum absolute atomic E-state index is 12.6. The SMILES string of the molecule is O=C(NNC(=S)NCc1ccccc1)c1cccc(C(F)(F)F)c1. The van der Waals surface area contributed by atoms with Crippen LogP contribution in [0.1, 0.15) is 21.5 Å². The van der Waals surface area contributed by atoms with Gasteiger partial charge in [-0.2, -0.15) is 13.2 Å². The number of nitrogens with one attached hydrogen (secondary N) is 3. The van der Waals surface area contributed by atoms with Crippen LogP contribution in [-0.4, -0.2) is 11.0 Å². The van der Waals surface area contributed by atoms with Crippen LogP contribution in [0.25, 0.3) is 0 Å². The van der Waals surface area contributed by atoms with Crippen molar-refractivity contribution in [3.63, 3.8) is 0 Å². The van der Waals surface area contributed by atoms with Gasteiger partial charge in [-0.15, -0.1) is 0 Å². The maximum atomic E-state index is 12.6. The smallest absolute Gasteiger partial charge is 0.357 e. The summed E-state index contributed by atoms with van der Waals surface area (Å²) in [5.41, 5.74) is 4.68. The second-order valence-corrected chi connectivity index (χ2v) is 5.23. The zero-order valence-electron chi connectivity index (χ0n) is 12.4. The number of benzene rings is 2. The molecule has 0 saturated heterocycles. The summed E-state index contributed by atoms with van der Waals surface area (Å²) in [6.07, 6.45) is -4.50. The quantitative estimate of drug-likeness (QED) is 0.587. The van der Waals surface area contributed by atoms with E-state index in [0.29, 0.717) is 6.54 Å². The molecule has 2 rings (SSSR count). The summed E-state index contributed by atoms with van der Waals surface area (Å²) in [5.74, 6) is -0.718. The zero-order valence-corrected chi connectivity index (χ0v) is 13.2. The Morgan fingerprint density at radius 3 is 2.38 bits per heavy atom. The standard InChI is InChI=1S/C16H14F3N3OS/c17-16(18,19)13-8-4-7-12(9-13)14(23)21-22-15(24)20-10-11-5-2-1-3-6-11/h1-9H,10H2,(H,21,23)(H2,20,22,24). The Bertz CT molecular complexity index is 720. The molecule has 24 heavy (non-hydrogen) atoms. The van der Waals surface area contributed by atoms with Crippen LogP contribution in [-0.2, 0) is 12.7 Å². The first-order valence-electron chi connectivity index (χ1n) is 6.91. The summed E-state index contributed by atoms with van der Waals surface area (Å²) in [5, 5.41) is 3.02. The van der Waals surface area contributed by atoms with Crippen molar-refractivity contribution in [1.29, 1.82) is 0 Å². The Kier molecular flexibility index (Phi) is 5.75. The van der Waals surface area contributed by atoms with Gasteiger partial charge in [0.25, 0.3) is 5.91 Å². The summed E-state index contributed by atoms with van der Waals surface area (Å²) >= 11 is 4.99. The average molecular weight is 353 g/mol. The fourth-order valence-corrected chi connectivity index (χ4v) is 1.97. The zero-order chi connectivity index (χ0) is 17.6. The van der Waals surface area contributed by atoms with Crippen LogP contribution < -0.4 is 16.2 Å². The van der Waals surface area contributed by atoms with Crippen molar-refractivity contribution < 1.29 is 18.0 Å². The topological polar surface area (TPSA) is 53.2 Å². The Morgan fingerprint density at radius 1 is 1.00 bits per heavy atom. The number of carbonyl (C=O) groups excluding carboxylic acids is 1. The molecule has 0 aliphatic carbocycles. The molecule has 0 spiro atoms. The summed E-state index contributed by atoms with van der Waals surface area (Å²) in [6.45, 7) is 0.450. The maximum Gasteiger partial charge on any atom is 0.416 e. The second kappa shape index (κ2) is 7.78. The molecule has 0 saturated carbocycles. The monoisotopic (exact) mass is 353 g/mol. The van der Waals surface area contributed by atoms with Crippen LogP contribution in [0.3, 0.4) is 0 Å². The number of rotatable bonds is 3. The molecular weight excluding hydrogens is 339 g/mol. The van der Waals surface area contributed by atoms with Gasteiger partial charge in [-0.25, -0.2) is 0 Å². The molecule has 2 aromatic rings. The molecule has 0 unspecified atom stereocenters. The molecule has 0 bridgehead atoms. The van der Waals surface area contributed by atoms with Crippen molar-refractivity contribution in [2.45, 2.75) is 12.7 Å². The highest BCUT2D eigenvalue weighted by Crippen LogP contribution is 2.29. The van der Waals surface area contributed by atoms with Gasteiger partial charge in [-0.3, -0.25) is 15.6 Å². The first-order valence-corrected chi connectivity index (χ1v) is 7.32. The molecule has 0 heterocycles. The molecule has 0 radical (unpaired) electrons. The molecule has 0 aliphatic rings. The Morgan fingerprint density at radius 2 is 1.71 bits per heavy atom. The molecule has 2 aromatic carbocycles. The lowest BCUT2D eigenvalue weighted by Crippen LogP contribution is -2.46. The van der Waals surface area contributed by atoms with E-state index in [4.69, 9.17) is 12.2 Å². The van der Waals surface area contributed by atoms with E-state index in [-0.39, 0.29) is 10.7 Å². The summed E-state index contributed by atoms with van der Waals surface area (Å²) in [6, 6.07) is 13.6. The summed E-state index contributed by atoms with van der Waals surface area (Å²) in [7, 11) is 0. The molecule has 1 amide bonds. The van der Waals surface area contributed by atoms with E-state index in [0.717, 1.165) is 17.7 Å². The Labute approximate surface area is 142 Å². The molecule has 3 N–H and O–H groups in total. The van der Waals surface area contributed by atoms with Gasteiger partial charge in [0.2, 0.25) is 0 Å². The first kappa shape index (κ1) is 17.7. The number of halogens is 3. The van der Waals surface area contributed by atoms with E-state index in [9.17, 15) is 18.0 Å². The van der Waals surface area contributed by atoms with Gasteiger partial charge in [0.05, 0.1) is 5.56 Å². The van der Waals surface area contributed by atoms with E-state index < -0.39 is 17.6 Å². The minimum atomic E-state index is -4.50. The molecule has 0 fully saturated rings. The van der Waals surface area contributed by atoms with Crippen LogP contribution in [0, 0.1) is 0 Å². The number of hydrogen-bond acceptors (Lipinski definition) is 2. The fraction of sp³-hybridized carbons (Fsp3) is 0.125. The van der Waals surface area contributed by atoms with Gasteiger partial charge in [0.15, 0.2) is 5.11 Å². The van der Waals surface area contributed by atoms with E-state index in [2.05, 4.69) is 16.2 Å². The van der Waals surface area contributed by atoms with Crippen LogP contribution >= 0.6 is 12.2 Å². The van der Waals surface area contributed by atoms with E-state index in [1.165, 1.54) is 12.1 Å². The minimum Gasteiger partial charge on any atom is -0.357 e. The Hall–Kier alpha value is -2.61. The van der Waals surface area contributed by atoms with Gasteiger partial charge >= 0.3 is 6.18 Å². The third kappa shape index (κ3) is 5.24. The number of alkyl halides is 3. The molecule has 126 valence electrons. The van der Waals surface area contributed by atoms with Crippen LogP contribution in [0.2, 0.25) is 0 Å². The highest BCUT2D eigenvalue weighted by molar-refractivity contribution is 7.80. The summed E-state index contributed by atoms with van der Waals surface area (Å²) < 4.78 is 37.9. The van der Waals surface area contributed by atoms with Crippen molar-refractivity contribution >= 4 is 23.2 Å².